The lowest BCUT2D eigenvalue weighted by Gasteiger charge is -2.22. The predicted octanol–water partition coefficient (Wildman–Crippen LogP) is 0.767. The molecule has 1 saturated heterocycles. The summed E-state index contributed by atoms with van der Waals surface area (Å²) in [5.41, 5.74) is 6.09. The van der Waals surface area contributed by atoms with Crippen LogP contribution in [-0.2, 0) is 9.53 Å². The number of aliphatic hydroxyl groups is 1. The highest BCUT2D eigenvalue weighted by Gasteiger charge is 2.30. The summed E-state index contributed by atoms with van der Waals surface area (Å²) in [6, 6.07) is 3.29. The molecular formula is C16H21ClN2O5. The topological polar surface area (TPSA) is 103 Å². The standard InChI is InChI=1S/C16H21ClN2O5/c17-11-5-9(6-14-15(11)23-4-3-22-14)12(20)8-19-16(21)13-2-1-10(7-18)24-13/h5-6,10,12-13,20H,1-4,7-8,18H2,(H,19,21)/t10-,12?,13+/m1/s1. The second-order valence-electron chi connectivity index (χ2n) is 5.85. The van der Waals surface area contributed by atoms with Gasteiger partial charge in [0.25, 0.3) is 0 Å². The Morgan fingerprint density at radius 1 is 1.38 bits per heavy atom. The number of rotatable bonds is 5. The van der Waals surface area contributed by atoms with Gasteiger partial charge in [-0.25, -0.2) is 0 Å². The van der Waals surface area contributed by atoms with Crippen molar-refractivity contribution in [3.8, 4) is 11.5 Å². The third-order valence-corrected chi connectivity index (χ3v) is 4.42. The van der Waals surface area contributed by atoms with Crippen molar-refractivity contribution in [1.29, 1.82) is 0 Å². The Labute approximate surface area is 145 Å². The van der Waals surface area contributed by atoms with E-state index in [-0.39, 0.29) is 18.6 Å². The van der Waals surface area contributed by atoms with Crippen LogP contribution in [0.15, 0.2) is 12.1 Å². The molecule has 1 amide bonds. The molecule has 1 fully saturated rings. The van der Waals surface area contributed by atoms with Crippen LogP contribution in [0.3, 0.4) is 0 Å². The monoisotopic (exact) mass is 356 g/mol. The number of halogens is 1. The summed E-state index contributed by atoms with van der Waals surface area (Å²) in [6.45, 7) is 1.33. The maximum absolute atomic E-state index is 12.1. The molecular weight excluding hydrogens is 336 g/mol. The zero-order valence-electron chi connectivity index (χ0n) is 13.2. The van der Waals surface area contributed by atoms with Crippen molar-refractivity contribution >= 4 is 17.5 Å². The SMILES string of the molecule is NC[C@H]1CC[C@@H](C(=O)NCC(O)c2cc(Cl)c3c(c2)OCCO3)O1. The van der Waals surface area contributed by atoms with E-state index in [0.717, 1.165) is 6.42 Å². The molecule has 0 spiro atoms. The molecule has 3 rings (SSSR count). The zero-order valence-corrected chi connectivity index (χ0v) is 13.9. The molecule has 0 bridgehead atoms. The number of hydrogen-bond donors (Lipinski definition) is 3. The van der Waals surface area contributed by atoms with Crippen LogP contribution >= 0.6 is 11.6 Å². The maximum atomic E-state index is 12.1. The molecule has 8 heteroatoms. The number of amides is 1. The maximum Gasteiger partial charge on any atom is 0.249 e. The van der Waals surface area contributed by atoms with Crippen LogP contribution in [0.1, 0.15) is 24.5 Å². The van der Waals surface area contributed by atoms with Crippen LogP contribution in [0.2, 0.25) is 5.02 Å². The normalized spacial score (nSPS) is 23.8. The second kappa shape index (κ2) is 7.57. The van der Waals surface area contributed by atoms with Crippen molar-refractivity contribution in [2.75, 3.05) is 26.3 Å². The Bertz CT molecular complexity index is 612. The number of benzene rings is 1. The van der Waals surface area contributed by atoms with Crippen molar-refractivity contribution in [3.05, 3.63) is 22.7 Å². The number of nitrogens with two attached hydrogens (primary N) is 1. The highest BCUT2D eigenvalue weighted by atomic mass is 35.5. The summed E-state index contributed by atoms with van der Waals surface area (Å²) in [7, 11) is 0. The highest BCUT2D eigenvalue weighted by molar-refractivity contribution is 6.32. The molecule has 0 aliphatic carbocycles. The lowest BCUT2D eigenvalue weighted by atomic mass is 10.1. The number of aliphatic hydroxyl groups excluding tert-OH is 1. The van der Waals surface area contributed by atoms with E-state index in [2.05, 4.69) is 5.32 Å². The van der Waals surface area contributed by atoms with Gasteiger partial charge in [-0.15, -0.1) is 0 Å². The molecule has 1 aromatic carbocycles. The van der Waals surface area contributed by atoms with E-state index in [1.165, 1.54) is 0 Å². The van der Waals surface area contributed by atoms with E-state index < -0.39 is 12.2 Å². The molecule has 7 nitrogen and oxygen atoms in total. The van der Waals surface area contributed by atoms with Gasteiger partial charge in [-0.05, 0) is 30.5 Å². The van der Waals surface area contributed by atoms with Crippen LogP contribution in [0, 0.1) is 0 Å². The Hall–Kier alpha value is -1.54. The van der Waals surface area contributed by atoms with Crippen molar-refractivity contribution < 1.29 is 24.1 Å². The predicted molar refractivity (Wildman–Crippen MR) is 87.4 cm³/mol. The van der Waals surface area contributed by atoms with Crippen LogP contribution in [0.4, 0.5) is 0 Å². The van der Waals surface area contributed by atoms with Gasteiger partial charge in [-0.2, -0.15) is 0 Å². The average molecular weight is 357 g/mol. The average Bonchev–Trinajstić information content (AvgIpc) is 3.08. The van der Waals surface area contributed by atoms with E-state index >= 15 is 0 Å². The minimum absolute atomic E-state index is 0.0575. The molecule has 0 radical (unpaired) electrons. The molecule has 2 heterocycles. The Morgan fingerprint density at radius 3 is 2.92 bits per heavy atom. The van der Waals surface area contributed by atoms with Gasteiger partial charge < -0.3 is 30.4 Å². The molecule has 132 valence electrons. The van der Waals surface area contributed by atoms with Crippen LogP contribution in [-0.4, -0.2) is 49.5 Å². The zero-order chi connectivity index (χ0) is 17.1. The first kappa shape index (κ1) is 17.3. The molecule has 4 N–H and O–H groups in total. The third kappa shape index (κ3) is 3.75. The first-order valence-corrected chi connectivity index (χ1v) is 8.36. The van der Waals surface area contributed by atoms with E-state index in [1.807, 2.05) is 0 Å². The third-order valence-electron chi connectivity index (χ3n) is 4.14. The van der Waals surface area contributed by atoms with Gasteiger partial charge in [0.1, 0.15) is 19.3 Å². The Morgan fingerprint density at radius 2 is 2.17 bits per heavy atom. The van der Waals surface area contributed by atoms with Gasteiger partial charge in [-0.3, -0.25) is 4.79 Å². The molecule has 2 aliphatic heterocycles. The van der Waals surface area contributed by atoms with E-state index in [1.54, 1.807) is 12.1 Å². The van der Waals surface area contributed by atoms with Gasteiger partial charge in [0.15, 0.2) is 11.5 Å². The minimum Gasteiger partial charge on any atom is -0.486 e. The van der Waals surface area contributed by atoms with Gasteiger partial charge in [0.05, 0.1) is 17.2 Å². The molecule has 1 aromatic rings. The Kier molecular flexibility index (Phi) is 5.45. The molecule has 0 saturated carbocycles. The first-order valence-electron chi connectivity index (χ1n) is 7.99. The fraction of sp³-hybridized carbons (Fsp3) is 0.562. The molecule has 3 atom stereocenters. The minimum atomic E-state index is -0.908. The molecule has 2 aliphatic rings. The van der Waals surface area contributed by atoms with Crippen molar-refractivity contribution in [3.63, 3.8) is 0 Å². The largest absolute Gasteiger partial charge is 0.486 e. The number of nitrogens with one attached hydrogen (secondary N) is 1. The fourth-order valence-corrected chi connectivity index (χ4v) is 3.10. The molecule has 24 heavy (non-hydrogen) atoms. The summed E-state index contributed by atoms with van der Waals surface area (Å²) >= 11 is 6.15. The summed E-state index contributed by atoms with van der Waals surface area (Å²) in [5.74, 6) is 0.739. The number of carbonyl (C=O) groups is 1. The summed E-state index contributed by atoms with van der Waals surface area (Å²) in [5, 5.41) is 13.4. The smallest absolute Gasteiger partial charge is 0.249 e. The van der Waals surface area contributed by atoms with Crippen molar-refractivity contribution in [2.45, 2.75) is 31.2 Å². The number of ether oxygens (including phenoxy) is 3. The van der Waals surface area contributed by atoms with Crippen LogP contribution in [0.25, 0.3) is 0 Å². The van der Waals surface area contributed by atoms with Gasteiger partial charge in [0.2, 0.25) is 5.91 Å². The first-order chi connectivity index (χ1) is 11.6. The van der Waals surface area contributed by atoms with Crippen molar-refractivity contribution in [1.82, 2.24) is 5.32 Å². The molecule has 1 unspecified atom stereocenters. The van der Waals surface area contributed by atoms with Gasteiger partial charge in [-0.1, -0.05) is 11.6 Å². The Balaban J connectivity index is 1.58. The highest BCUT2D eigenvalue weighted by Crippen LogP contribution is 2.39. The van der Waals surface area contributed by atoms with Crippen LogP contribution in [0.5, 0.6) is 11.5 Å². The lowest BCUT2D eigenvalue weighted by molar-refractivity contribution is -0.132. The lowest BCUT2D eigenvalue weighted by Crippen LogP contribution is -2.37. The van der Waals surface area contributed by atoms with Crippen LogP contribution < -0.4 is 20.5 Å². The number of hydrogen-bond acceptors (Lipinski definition) is 6. The van der Waals surface area contributed by atoms with E-state index in [9.17, 15) is 9.90 Å². The molecule has 0 aromatic heterocycles. The fourth-order valence-electron chi connectivity index (χ4n) is 2.82. The van der Waals surface area contributed by atoms with E-state index in [0.29, 0.717) is 48.3 Å². The summed E-state index contributed by atoms with van der Waals surface area (Å²) in [6.07, 6.45) is -0.0694. The number of fused-ring (bicyclic) bond motifs is 1. The number of carbonyl (C=O) groups excluding carboxylic acids is 1. The van der Waals surface area contributed by atoms with Gasteiger partial charge in [0, 0.05) is 13.1 Å². The summed E-state index contributed by atoms with van der Waals surface area (Å²) in [4.78, 5) is 12.1. The van der Waals surface area contributed by atoms with E-state index in [4.69, 9.17) is 31.5 Å². The second-order valence-corrected chi connectivity index (χ2v) is 6.25. The quantitative estimate of drug-likeness (QED) is 0.720. The summed E-state index contributed by atoms with van der Waals surface area (Å²) < 4.78 is 16.5. The van der Waals surface area contributed by atoms with Crippen molar-refractivity contribution in [2.24, 2.45) is 5.73 Å². The van der Waals surface area contributed by atoms with Gasteiger partial charge >= 0.3 is 0 Å².